The molecule has 0 aliphatic carbocycles. The molecule has 2 saturated heterocycles. The minimum atomic E-state index is 0.284. The molecule has 4 nitrogen and oxygen atoms in total. The number of morpholine rings is 1. The molecule has 20 heavy (non-hydrogen) atoms. The van der Waals surface area contributed by atoms with Gasteiger partial charge in [-0.2, -0.15) is 0 Å². The average Bonchev–Trinajstić information content (AvgIpc) is 3.02. The van der Waals surface area contributed by atoms with Gasteiger partial charge in [0.1, 0.15) is 0 Å². The van der Waals surface area contributed by atoms with Crippen molar-refractivity contribution < 1.29 is 4.74 Å². The van der Waals surface area contributed by atoms with E-state index in [1.807, 2.05) is 0 Å². The number of ether oxygens (including phenoxy) is 1. The Hall–Kier alpha value is -1.26. The minimum Gasteiger partial charge on any atom is -0.374 e. The van der Waals surface area contributed by atoms with Crippen molar-refractivity contribution >= 4 is 11.4 Å². The highest BCUT2D eigenvalue weighted by Crippen LogP contribution is 2.25. The van der Waals surface area contributed by atoms with Gasteiger partial charge < -0.3 is 20.3 Å². The summed E-state index contributed by atoms with van der Waals surface area (Å²) >= 11 is 0. The lowest BCUT2D eigenvalue weighted by molar-refractivity contribution is 0.0369. The molecule has 2 aliphatic rings. The van der Waals surface area contributed by atoms with Gasteiger partial charge in [-0.1, -0.05) is 0 Å². The van der Waals surface area contributed by atoms with Crippen molar-refractivity contribution in [3.8, 4) is 0 Å². The van der Waals surface area contributed by atoms with Crippen LogP contribution in [0.25, 0.3) is 0 Å². The van der Waals surface area contributed by atoms with Gasteiger partial charge in [0.25, 0.3) is 0 Å². The Bertz CT molecular complexity index is 412. The standard InChI is InChI=1S/C16H25N3O/c17-8-7-16-13-19(11-12-20-16)15-5-3-14(4-6-15)18-9-1-2-10-18/h3-6,16H,1-2,7-13,17H2. The first-order chi connectivity index (χ1) is 9.86. The number of nitrogens with zero attached hydrogens (tertiary/aromatic N) is 2. The van der Waals surface area contributed by atoms with E-state index in [1.165, 1.54) is 37.3 Å². The zero-order valence-corrected chi connectivity index (χ0v) is 12.1. The first-order valence-corrected chi connectivity index (χ1v) is 7.78. The third-order valence-electron chi connectivity index (χ3n) is 4.31. The zero-order valence-electron chi connectivity index (χ0n) is 12.1. The van der Waals surface area contributed by atoms with Gasteiger partial charge >= 0.3 is 0 Å². The first kappa shape index (κ1) is 13.7. The molecule has 0 spiro atoms. The highest BCUT2D eigenvalue weighted by atomic mass is 16.5. The summed E-state index contributed by atoms with van der Waals surface area (Å²) in [6, 6.07) is 9.01. The SMILES string of the molecule is NCCC1CN(c2ccc(N3CCCC3)cc2)CCO1. The van der Waals surface area contributed by atoms with E-state index in [1.54, 1.807) is 0 Å². The lowest BCUT2D eigenvalue weighted by Gasteiger charge is -2.34. The number of hydrogen-bond acceptors (Lipinski definition) is 4. The second-order valence-electron chi connectivity index (χ2n) is 5.73. The van der Waals surface area contributed by atoms with Crippen LogP contribution in [0.2, 0.25) is 0 Å². The van der Waals surface area contributed by atoms with Gasteiger partial charge in [0.2, 0.25) is 0 Å². The van der Waals surface area contributed by atoms with Crippen LogP contribution in [-0.2, 0) is 4.74 Å². The van der Waals surface area contributed by atoms with Gasteiger partial charge in [0.05, 0.1) is 12.7 Å². The van der Waals surface area contributed by atoms with Crippen LogP contribution in [0.3, 0.4) is 0 Å². The van der Waals surface area contributed by atoms with Gasteiger partial charge in [0.15, 0.2) is 0 Å². The lowest BCUT2D eigenvalue weighted by Crippen LogP contribution is -2.43. The van der Waals surface area contributed by atoms with Crippen LogP contribution in [0.1, 0.15) is 19.3 Å². The summed E-state index contributed by atoms with van der Waals surface area (Å²) in [7, 11) is 0. The van der Waals surface area contributed by atoms with E-state index in [0.29, 0.717) is 6.54 Å². The van der Waals surface area contributed by atoms with E-state index >= 15 is 0 Å². The highest BCUT2D eigenvalue weighted by Gasteiger charge is 2.20. The topological polar surface area (TPSA) is 41.7 Å². The summed E-state index contributed by atoms with van der Waals surface area (Å²) < 4.78 is 5.75. The van der Waals surface area contributed by atoms with Crippen LogP contribution in [0.5, 0.6) is 0 Å². The number of hydrogen-bond donors (Lipinski definition) is 1. The Morgan fingerprint density at radius 1 is 1.00 bits per heavy atom. The molecular formula is C16H25N3O. The fourth-order valence-electron chi connectivity index (χ4n) is 3.16. The van der Waals surface area contributed by atoms with Crippen LogP contribution < -0.4 is 15.5 Å². The molecule has 2 N–H and O–H groups in total. The fraction of sp³-hybridized carbons (Fsp3) is 0.625. The van der Waals surface area contributed by atoms with Crippen LogP contribution in [0, 0.1) is 0 Å². The molecule has 2 aliphatic heterocycles. The largest absolute Gasteiger partial charge is 0.374 e. The average molecular weight is 275 g/mol. The number of benzene rings is 1. The summed E-state index contributed by atoms with van der Waals surface area (Å²) in [6.45, 7) is 5.85. The Balaban J connectivity index is 1.64. The lowest BCUT2D eigenvalue weighted by atomic mass is 10.1. The molecule has 1 atom stereocenters. The molecule has 2 heterocycles. The predicted octanol–water partition coefficient (Wildman–Crippen LogP) is 1.84. The maximum atomic E-state index is 5.75. The smallest absolute Gasteiger partial charge is 0.0762 e. The van der Waals surface area contributed by atoms with Gasteiger partial charge in [-0.25, -0.2) is 0 Å². The molecule has 0 saturated carbocycles. The van der Waals surface area contributed by atoms with Crippen molar-refractivity contribution in [3.63, 3.8) is 0 Å². The second-order valence-corrected chi connectivity index (χ2v) is 5.73. The molecule has 110 valence electrons. The molecule has 4 heteroatoms. The molecule has 1 aromatic carbocycles. The van der Waals surface area contributed by atoms with E-state index < -0.39 is 0 Å². The van der Waals surface area contributed by atoms with Crippen molar-refractivity contribution in [2.45, 2.75) is 25.4 Å². The monoisotopic (exact) mass is 275 g/mol. The molecule has 0 aromatic heterocycles. The van der Waals surface area contributed by atoms with Crippen molar-refractivity contribution in [2.75, 3.05) is 49.1 Å². The van der Waals surface area contributed by atoms with Gasteiger partial charge in [-0.3, -0.25) is 0 Å². The number of rotatable bonds is 4. The van der Waals surface area contributed by atoms with Crippen LogP contribution in [0.15, 0.2) is 24.3 Å². The summed E-state index contributed by atoms with van der Waals surface area (Å²) in [5, 5.41) is 0. The van der Waals surface area contributed by atoms with Gasteiger partial charge in [-0.15, -0.1) is 0 Å². The molecule has 1 unspecified atom stereocenters. The summed E-state index contributed by atoms with van der Waals surface area (Å²) in [4.78, 5) is 4.89. The quantitative estimate of drug-likeness (QED) is 0.910. The van der Waals surface area contributed by atoms with Gasteiger partial charge in [0, 0.05) is 37.6 Å². The Morgan fingerprint density at radius 3 is 2.30 bits per heavy atom. The molecule has 0 radical (unpaired) electrons. The summed E-state index contributed by atoms with van der Waals surface area (Å²) in [5.74, 6) is 0. The predicted molar refractivity (Wildman–Crippen MR) is 83.5 cm³/mol. The Kier molecular flexibility index (Phi) is 4.43. The Morgan fingerprint density at radius 2 is 1.65 bits per heavy atom. The summed E-state index contributed by atoms with van der Waals surface area (Å²) in [6.07, 6.45) is 3.88. The third kappa shape index (κ3) is 3.07. The van der Waals surface area contributed by atoms with Crippen LogP contribution in [-0.4, -0.2) is 45.4 Å². The zero-order chi connectivity index (χ0) is 13.8. The van der Waals surface area contributed by atoms with E-state index in [-0.39, 0.29) is 6.10 Å². The van der Waals surface area contributed by atoms with Crippen molar-refractivity contribution in [1.82, 2.24) is 0 Å². The van der Waals surface area contributed by atoms with E-state index in [0.717, 1.165) is 26.1 Å². The minimum absolute atomic E-state index is 0.284. The second kappa shape index (κ2) is 6.46. The first-order valence-electron chi connectivity index (χ1n) is 7.78. The number of nitrogens with two attached hydrogens (primary N) is 1. The third-order valence-corrected chi connectivity index (χ3v) is 4.31. The molecule has 0 bridgehead atoms. The Labute approximate surface area is 121 Å². The van der Waals surface area contributed by atoms with E-state index in [2.05, 4.69) is 34.1 Å². The molecule has 3 rings (SSSR count). The van der Waals surface area contributed by atoms with Crippen LogP contribution in [0.4, 0.5) is 11.4 Å². The maximum Gasteiger partial charge on any atom is 0.0762 e. The summed E-state index contributed by atoms with van der Waals surface area (Å²) in [5.41, 5.74) is 8.29. The van der Waals surface area contributed by atoms with E-state index in [4.69, 9.17) is 10.5 Å². The molecule has 2 fully saturated rings. The molecular weight excluding hydrogens is 250 g/mol. The normalized spacial score (nSPS) is 23.4. The highest BCUT2D eigenvalue weighted by molar-refractivity contribution is 5.57. The van der Waals surface area contributed by atoms with Crippen molar-refractivity contribution in [3.05, 3.63) is 24.3 Å². The van der Waals surface area contributed by atoms with Crippen molar-refractivity contribution in [2.24, 2.45) is 5.73 Å². The van der Waals surface area contributed by atoms with E-state index in [9.17, 15) is 0 Å². The van der Waals surface area contributed by atoms with Gasteiger partial charge in [-0.05, 0) is 50.1 Å². The number of anilines is 2. The molecule has 1 aromatic rings. The van der Waals surface area contributed by atoms with Crippen LogP contribution >= 0.6 is 0 Å². The maximum absolute atomic E-state index is 5.75. The molecule has 0 amide bonds. The van der Waals surface area contributed by atoms with Crippen molar-refractivity contribution in [1.29, 1.82) is 0 Å². The fourth-order valence-corrected chi connectivity index (χ4v) is 3.16.